The van der Waals surface area contributed by atoms with Crippen LogP contribution >= 0.6 is 11.3 Å². The van der Waals surface area contributed by atoms with Crippen molar-refractivity contribution in [1.29, 1.82) is 0 Å². The molecule has 256 valence electrons. The van der Waals surface area contributed by atoms with Gasteiger partial charge in [-0.1, -0.05) is 30.2 Å². The lowest BCUT2D eigenvalue weighted by atomic mass is 10.2. The molecule has 1 aliphatic heterocycles. The summed E-state index contributed by atoms with van der Waals surface area (Å²) in [7, 11) is 0.926. The number of carbonyl (C=O) groups is 3. The lowest BCUT2D eigenvalue weighted by Gasteiger charge is -2.25. The molecule has 3 N–H and O–H groups in total. The summed E-state index contributed by atoms with van der Waals surface area (Å²) in [6, 6.07) is 3.77. The maximum atomic E-state index is 14.6. The molecule has 1 saturated carbocycles. The van der Waals surface area contributed by atoms with E-state index < -0.39 is 41.3 Å². The van der Waals surface area contributed by atoms with E-state index in [1.165, 1.54) is 11.4 Å². The van der Waals surface area contributed by atoms with E-state index >= 15 is 0 Å². The van der Waals surface area contributed by atoms with E-state index in [2.05, 4.69) is 25.6 Å². The number of nitrogens with zero attached hydrogens (tertiary/aromatic N) is 4. The van der Waals surface area contributed by atoms with E-state index in [0.29, 0.717) is 11.7 Å². The highest BCUT2D eigenvalue weighted by Crippen LogP contribution is 2.42. The molecule has 2 aromatic heterocycles. The molecule has 0 atom stereocenters. The quantitative estimate of drug-likeness (QED) is 0.241. The molecule has 17 heteroatoms. The molecule has 1 aromatic carbocycles. The summed E-state index contributed by atoms with van der Waals surface area (Å²) in [5, 5.41) is 11.4. The van der Waals surface area contributed by atoms with E-state index in [1.807, 2.05) is 4.68 Å². The minimum Gasteiger partial charge on any atom is -0.444 e. The molecule has 3 amide bonds. The second-order valence-corrected chi connectivity index (χ2v) is 12.9. The first kappa shape index (κ1) is 35.6. The van der Waals surface area contributed by atoms with Crippen molar-refractivity contribution in [2.75, 3.05) is 35.7 Å². The third-order valence-corrected chi connectivity index (χ3v) is 7.92. The van der Waals surface area contributed by atoms with Crippen molar-refractivity contribution in [2.24, 2.45) is 0 Å². The normalized spacial score (nSPS) is 15.2. The van der Waals surface area contributed by atoms with Crippen molar-refractivity contribution >= 4 is 45.8 Å². The number of alkyl halides is 3. The van der Waals surface area contributed by atoms with Crippen LogP contribution in [-0.2, 0) is 9.53 Å². The molecule has 0 bridgehead atoms. The molecule has 5 rings (SSSR count). The van der Waals surface area contributed by atoms with E-state index in [-0.39, 0.29) is 21.3 Å². The van der Waals surface area contributed by atoms with Gasteiger partial charge in [0.05, 0.1) is 17.8 Å². The smallest absolute Gasteiger partial charge is 0.444 e. The number of nitrogens with one attached hydrogen (secondary N) is 3. The highest BCUT2D eigenvalue weighted by Gasteiger charge is 2.37. The second-order valence-electron chi connectivity index (χ2n) is 11.9. The monoisotopic (exact) mass is 685 g/mol. The number of aromatic nitrogens is 3. The Bertz CT molecular complexity index is 1570. The zero-order valence-electron chi connectivity index (χ0n) is 26.3. The van der Waals surface area contributed by atoms with Crippen LogP contribution in [0.4, 0.5) is 43.3 Å². The van der Waals surface area contributed by atoms with Gasteiger partial charge in [0.25, 0.3) is 5.91 Å². The van der Waals surface area contributed by atoms with Crippen LogP contribution < -0.4 is 20.9 Å². The minimum absolute atomic E-state index is 0.0188. The number of hydrogen-bond donors (Lipinski definition) is 3. The number of halogens is 5. The van der Waals surface area contributed by atoms with Gasteiger partial charge in [0.2, 0.25) is 0 Å². The summed E-state index contributed by atoms with van der Waals surface area (Å²) in [6.07, 6.45) is 2.55. The number of amides is 3. The Labute approximate surface area is 271 Å². The molecule has 0 unspecified atom stereocenters. The number of hydrogen-bond acceptors (Lipinski definition) is 8. The maximum Gasteiger partial charge on any atom is 0.471 e. The van der Waals surface area contributed by atoms with Crippen LogP contribution in [0.3, 0.4) is 0 Å². The van der Waals surface area contributed by atoms with Gasteiger partial charge in [-0.15, -0.1) is 0 Å². The largest absolute Gasteiger partial charge is 0.471 e. The fourth-order valence-corrected chi connectivity index (χ4v) is 5.71. The Hall–Kier alpha value is -4.28. The van der Waals surface area contributed by atoms with E-state index in [0.717, 1.165) is 87.9 Å². The average molecular weight is 686 g/mol. The van der Waals surface area contributed by atoms with Gasteiger partial charge >= 0.3 is 18.2 Å². The molecule has 2 fully saturated rings. The van der Waals surface area contributed by atoms with Crippen LogP contribution in [0.1, 0.15) is 75.8 Å². The summed E-state index contributed by atoms with van der Waals surface area (Å²) in [4.78, 5) is 42.3. The van der Waals surface area contributed by atoms with Gasteiger partial charge in [0, 0.05) is 20.1 Å². The zero-order chi connectivity index (χ0) is 34.5. The predicted octanol–water partition coefficient (Wildman–Crippen LogP) is 6.89. The van der Waals surface area contributed by atoms with Crippen LogP contribution in [0, 0.1) is 11.6 Å². The molecule has 0 radical (unpaired) electrons. The first-order valence-corrected chi connectivity index (χ1v) is 15.8. The molecular weight excluding hydrogens is 649 g/mol. The molecule has 1 saturated heterocycles. The Morgan fingerprint density at radius 3 is 2.11 bits per heavy atom. The average Bonchev–Trinajstić information content (AvgIpc) is 3.69. The van der Waals surface area contributed by atoms with Crippen molar-refractivity contribution in [3.63, 3.8) is 0 Å². The topological polar surface area (TPSA) is 130 Å². The van der Waals surface area contributed by atoms with Crippen molar-refractivity contribution in [3.05, 3.63) is 41.7 Å². The fraction of sp³-hybridized carbons (Fsp3) is 0.500. The highest BCUT2D eigenvalue weighted by atomic mass is 32.1. The highest BCUT2D eigenvalue weighted by molar-refractivity contribution is 7.19. The van der Waals surface area contributed by atoms with Gasteiger partial charge in [-0.3, -0.25) is 14.9 Å². The van der Waals surface area contributed by atoms with Crippen LogP contribution in [0.5, 0.6) is 0 Å². The number of rotatable bonds is 6. The first-order valence-electron chi connectivity index (χ1n) is 15.0. The predicted molar refractivity (Wildman–Crippen MR) is 167 cm³/mol. The Kier molecular flexibility index (Phi) is 11.1. The van der Waals surface area contributed by atoms with Crippen molar-refractivity contribution in [3.8, 4) is 10.6 Å². The second kappa shape index (κ2) is 14.6. The zero-order valence-corrected chi connectivity index (χ0v) is 27.1. The van der Waals surface area contributed by atoms with E-state index in [1.54, 1.807) is 27.0 Å². The molecule has 2 aliphatic rings. The Morgan fingerprint density at radius 1 is 0.979 bits per heavy atom. The summed E-state index contributed by atoms with van der Waals surface area (Å²) in [5.41, 5.74) is -0.814. The summed E-state index contributed by atoms with van der Waals surface area (Å²) >= 11 is 0.794. The van der Waals surface area contributed by atoms with Gasteiger partial charge < -0.3 is 20.3 Å². The van der Waals surface area contributed by atoms with E-state index in [9.17, 15) is 36.3 Å². The molecule has 3 aromatic rings. The Morgan fingerprint density at radius 2 is 1.60 bits per heavy atom. The number of thiazole rings is 1. The lowest BCUT2D eigenvalue weighted by Crippen LogP contribution is -2.33. The summed E-state index contributed by atoms with van der Waals surface area (Å²) < 4.78 is 69.6. The first-order chi connectivity index (χ1) is 22.1. The van der Waals surface area contributed by atoms with Crippen LogP contribution in [0.15, 0.2) is 24.4 Å². The van der Waals surface area contributed by atoms with Crippen LogP contribution in [0.2, 0.25) is 0 Å². The third-order valence-electron chi connectivity index (χ3n) is 6.93. The molecule has 1 aliphatic carbocycles. The molecule has 0 spiro atoms. The maximum absolute atomic E-state index is 14.6. The Balaban J connectivity index is 0.000000555. The van der Waals surface area contributed by atoms with Crippen LogP contribution in [0.25, 0.3) is 10.6 Å². The fourth-order valence-electron chi connectivity index (χ4n) is 4.72. The third kappa shape index (κ3) is 9.39. The summed E-state index contributed by atoms with van der Waals surface area (Å²) in [5.74, 6) is -3.35. The molecular formula is C30H36F5N7O4S. The van der Waals surface area contributed by atoms with Crippen molar-refractivity contribution in [1.82, 2.24) is 20.1 Å². The molecule has 11 nitrogen and oxygen atoms in total. The van der Waals surface area contributed by atoms with Gasteiger partial charge in [-0.2, -0.15) is 18.3 Å². The van der Waals surface area contributed by atoms with Crippen molar-refractivity contribution in [2.45, 2.75) is 77.1 Å². The standard InChI is InChI=1S/C27H32F2N6O3S.C3H4F3NO/c1-27(2,3)38-26(37)33-24-21(32-23(39-24)20-17(28)9-8-10-18(20)29)22(36)31-19-15-30-35(16-11-12-16)25(19)34-13-6-4-5-7-14-34;1-7-2(8)3(4,5)6/h8-10,15-16H,4-7,11-14H2,1-3H3,(H,31,36)(H,33,37);1H3,(H,7,8). The van der Waals surface area contributed by atoms with Gasteiger partial charge in [-0.05, 0) is 58.6 Å². The number of benzene rings is 1. The van der Waals surface area contributed by atoms with Gasteiger partial charge in [-0.25, -0.2) is 23.2 Å². The molecule has 3 heterocycles. The van der Waals surface area contributed by atoms with Crippen LogP contribution in [-0.4, -0.2) is 64.6 Å². The lowest BCUT2D eigenvalue weighted by molar-refractivity contribution is -0.172. The van der Waals surface area contributed by atoms with Gasteiger partial charge in [0.1, 0.15) is 32.9 Å². The number of carbonyl (C=O) groups excluding carboxylic acids is 3. The van der Waals surface area contributed by atoms with Gasteiger partial charge in [0.15, 0.2) is 11.5 Å². The number of anilines is 3. The van der Waals surface area contributed by atoms with Crippen molar-refractivity contribution < 1.29 is 41.1 Å². The SMILES string of the molecule is CC(C)(C)OC(=O)Nc1sc(-c2c(F)cccc2F)nc1C(=O)Nc1cnn(C2CC2)c1N1CCCCCC1.CNC(=O)C(F)(F)F. The minimum atomic E-state index is -4.74. The molecule has 47 heavy (non-hydrogen) atoms. The summed E-state index contributed by atoms with van der Waals surface area (Å²) in [6.45, 7) is 6.83. The number of ether oxygens (including phenoxy) is 1. The van der Waals surface area contributed by atoms with E-state index in [4.69, 9.17) is 4.74 Å².